The van der Waals surface area contributed by atoms with Gasteiger partial charge in [-0.15, -0.1) is 0 Å². The first-order chi connectivity index (χ1) is 9.20. The van der Waals surface area contributed by atoms with Crippen LogP contribution in [-0.2, 0) is 9.53 Å². The fourth-order valence-electron chi connectivity index (χ4n) is 2.80. The lowest BCUT2D eigenvalue weighted by atomic mass is 10.0. The summed E-state index contributed by atoms with van der Waals surface area (Å²) in [4.78, 5) is 13.1. The molecule has 1 heterocycles. The SMILES string of the molecule is COCC(c1ccccc1)N1CCC(CC(=O)O)C1. The first-order valence-corrected chi connectivity index (χ1v) is 6.70. The van der Waals surface area contributed by atoms with Gasteiger partial charge in [0.2, 0.25) is 0 Å². The molecule has 0 amide bonds. The van der Waals surface area contributed by atoms with Gasteiger partial charge in [-0.1, -0.05) is 30.3 Å². The van der Waals surface area contributed by atoms with Crippen LogP contribution in [0.15, 0.2) is 30.3 Å². The van der Waals surface area contributed by atoms with Crippen molar-refractivity contribution in [3.05, 3.63) is 35.9 Å². The Hall–Kier alpha value is -1.39. The molecular weight excluding hydrogens is 242 g/mol. The van der Waals surface area contributed by atoms with Gasteiger partial charge in [0.15, 0.2) is 0 Å². The highest BCUT2D eigenvalue weighted by atomic mass is 16.5. The van der Waals surface area contributed by atoms with Gasteiger partial charge in [0.1, 0.15) is 0 Å². The maximum Gasteiger partial charge on any atom is 0.303 e. The topological polar surface area (TPSA) is 49.8 Å². The molecule has 0 bridgehead atoms. The van der Waals surface area contributed by atoms with Crippen LogP contribution >= 0.6 is 0 Å². The molecule has 1 aliphatic rings. The summed E-state index contributed by atoms with van der Waals surface area (Å²) < 4.78 is 5.33. The molecule has 1 aliphatic heterocycles. The van der Waals surface area contributed by atoms with Crippen LogP contribution in [0.3, 0.4) is 0 Å². The monoisotopic (exact) mass is 263 g/mol. The molecule has 2 rings (SSSR count). The molecule has 0 aromatic heterocycles. The molecule has 0 aliphatic carbocycles. The van der Waals surface area contributed by atoms with E-state index in [4.69, 9.17) is 9.84 Å². The Morgan fingerprint density at radius 3 is 2.84 bits per heavy atom. The highest BCUT2D eigenvalue weighted by Crippen LogP contribution is 2.29. The maximum absolute atomic E-state index is 10.8. The Morgan fingerprint density at radius 2 is 2.21 bits per heavy atom. The van der Waals surface area contributed by atoms with Gasteiger partial charge in [-0.2, -0.15) is 0 Å². The first kappa shape index (κ1) is 14.0. The van der Waals surface area contributed by atoms with Crippen molar-refractivity contribution in [3.63, 3.8) is 0 Å². The highest BCUT2D eigenvalue weighted by molar-refractivity contribution is 5.67. The molecule has 104 valence electrons. The Balaban J connectivity index is 2.03. The molecule has 1 aromatic carbocycles. The van der Waals surface area contributed by atoms with Crippen LogP contribution in [0.1, 0.15) is 24.4 Å². The second-order valence-electron chi connectivity index (χ2n) is 5.13. The van der Waals surface area contributed by atoms with Crippen molar-refractivity contribution >= 4 is 5.97 Å². The number of aliphatic carboxylic acids is 1. The van der Waals surface area contributed by atoms with Gasteiger partial charge in [0, 0.05) is 20.1 Å². The van der Waals surface area contributed by atoms with Crippen molar-refractivity contribution in [1.82, 2.24) is 4.90 Å². The molecule has 1 N–H and O–H groups in total. The van der Waals surface area contributed by atoms with Gasteiger partial charge in [-0.05, 0) is 24.4 Å². The average Bonchev–Trinajstić information content (AvgIpc) is 2.84. The van der Waals surface area contributed by atoms with E-state index in [0.29, 0.717) is 6.61 Å². The molecular formula is C15H21NO3. The largest absolute Gasteiger partial charge is 0.481 e. The quantitative estimate of drug-likeness (QED) is 0.854. The third-order valence-corrected chi connectivity index (χ3v) is 3.73. The Bertz CT molecular complexity index is 407. The van der Waals surface area contributed by atoms with Gasteiger partial charge in [-0.3, -0.25) is 9.69 Å². The van der Waals surface area contributed by atoms with E-state index in [1.54, 1.807) is 7.11 Å². The molecule has 19 heavy (non-hydrogen) atoms. The van der Waals surface area contributed by atoms with Crippen LogP contribution in [0, 0.1) is 5.92 Å². The summed E-state index contributed by atoms with van der Waals surface area (Å²) in [5.74, 6) is -0.435. The van der Waals surface area contributed by atoms with Crippen LogP contribution in [-0.4, -0.2) is 42.8 Å². The summed E-state index contributed by atoms with van der Waals surface area (Å²) >= 11 is 0. The molecule has 0 radical (unpaired) electrons. The highest BCUT2D eigenvalue weighted by Gasteiger charge is 2.30. The minimum absolute atomic E-state index is 0.227. The maximum atomic E-state index is 10.8. The lowest BCUT2D eigenvalue weighted by molar-refractivity contribution is -0.138. The molecule has 2 atom stereocenters. The number of carboxylic acid groups (broad SMARTS) is 1. The summed E-state index contributed by atoms with van der Waals surface area (Å²) in [6.07, 6.45) is 1.23. The molecule has 0 saturated carbocycles. The molecule has 4 heteroatoms. The molecule has 1 fully saturated rings. The Morgan fingerprint density at radius 1 is 1.47 bits per heavy atom. The van der Waals surface area contributed by atoms with E-state index in [2.05, 4.69) is 17.0 Å². The van der Waals surface area contributed by atoms with Gasteiger partial charge in [0.25, 0.3) is 0 Å². The third-order valence-electron chi connectivity index (χ3n) is 3.73. The Labute approximate surface area is 114 Å². The number of hydrogen-bond acceptors (Lipinski definition) is 3. The van der Waals surface area contributed by atoms with Gasteiger partial charge in [-0.25, -0.2) is 0 Å². The molecule has 0 spiro atoms. The lowest BCUT2D eigenvalue weighted by Gasteiger charge is -2.27. The van der Waals surface area contributed by atoms with Crippen LogP contribution < -0.4 is 0 Å². The number of carboxylic acids is 1. The zero-order valence-electron chi connectivity index (χ0n) is 11.3. The normalized spacial score (nSPS) is 21.4. The number of benzene rings is 1. The zero-order valence-corrected chi connectivity index (χ0v) is 11.3. The fraction of sp³-hybridized carbons (Fsp3) is 0.533. The smallest absolute Gasteiger partial charge is 0.303 e. The standard InChI is InChI=1S/C15H21NO3/c1-19-11-14(13-5-3-2-4-6-13)16-8-7-12(10-16)9-15(17)18/h2-6,12,14H,7-11H2,1H3,(H,17,18). The summed E-state index contributed by atoms with van der Waals surface area (Å²) in [5.41, 5.74) is 1.24. The molecule has 4 nitrogen and oxygen atoms in total. The van der Waals surface area contributed by atoms with Gasteiger partial charge >= 0.3 is 5.97 Å². The minimum atomic E-state index is -0.699. The average molecular weight is 263 g/mol. The summed E-state index contributed by atoms with van der Waals surface area (Å²) in [7, 11) is 1.71. The number of ether oxygens (including phenoxy) is 1. The van der Waals surface area contributed by atoms with Crippen molar-refractivity contribution in [2.45, 2.75) is 18.9 Å². The van der Waals surface area contributed by atoms with E-state index in [1.165, 1.54) is 5.56 Å². The predicted molar refractivity (Wildman–Crippen MR) is 73.0 cm³/mol. The van der Waals surface area contributed by atoms with Crippen molar-refractivity contribution in [2.24, 2.45) is 5.92 Å². The van der Waals surface area contributed by atoms with Gasteiger partial charge < -0.3 is 9.84 Å². The van der Waals surface area contributed by atoms with E-state index in [-0.39, 0.29) is 18.4 Å². The van der Waals surface area contributed by atoms with E-state index in [0.717, 1.165) is 19.5 Å². The summed E-state index contributed by atoms with van der Waals surface area (Å²) in [5, 5.41) is 8.88. The Kier molecular flexibility index (Phi) is 4.93. The molecule has 1 saturated heterocycles. The number of carbonyl (C=O) groups is 1. The third kappa shape index (κ3) is 3.78. The van der Waals surface area contributed by atoms with Crippen LogP contribution in [0.5, 0.6) is 0 Å². The lowest BCUT2D eigenvalue weighted by Crippen LogP contribution is -2.30. The van der Waals surface area contributed by atoms with Crippen molar-refractivity contribution in [3.8, 4) is 0 Å². The second-order valence-corrected chi connectivity index (χ2v) is 5.13. The van der Waals surface area contributed by atoms with Crippen LogP contribution in [0.4, 0.5) is 0 Å². The fourth-order valence-corrected chi connectivity index (χ4v) is 2.80. The van der Waals surface area contributed by atoms with E-state index >= 15 is 0 Å². The zero-order chi connectivity index (χ0) is 13.7. The number of nitrogens with zero attached hydrogens (tertiary/aromatic N) is 1. The number of rotatable bonds is 6. The first-order valence-electron chi connectivity index (χ1n) is 6.70. The van der Waals surface area contributed by atoms with Gasteiger partial charge in [0.05, 0.1) is 12.6 Å². The molecule has 2 unspecified atom stereocenters. The van der Waals surface area contributed by atoms with E-state index < -0.39 is 5.97 Å². The predicted octanol–water partition coefficient (Wildman–Crippen LogP) is 2.17. The summed E-state index contributed by atoms with van der Waals surface area (Å²) in [6.45, 7) is 2.43. The molecule has 1 aromatic rings. The van der Waals surface area contributed by atoms with E-state index in [1.807, 2.05) is 18.2 Å². The van der Waals surface area contributed by atoms with Crippen LogP contribution in [0.25, 0.3) is 0 Å². The summed E-state index contributed by atoms with van der Waals surface area (Å²) in [6, 6.07) is 10.5. The van der Waals surface area contributed by atoms with Crippen molar-refractivity contribution < 1.29 is 14.6 Å². The van der Waals surface area contributed by atoms with Crippen molar-refractivity contribution in [1.29, 1.82) is 0 Å². The number of likely N-dealkylation sites (tertiary alicyclic amines) is 1. The van der Waals surface area contributed by atoms with Crippen LogP contribution in [0.2, 0.25) is 0 Å². The minimum Gasteiger partial charge on any atom is -0.481 e. The second kappa shape index (κ2) is 6.68. The number of methoxy groups -OCH3 is 1. The number of hydrogen-bond donors (Lipinski definition) is 1. The van der Waals surface area contributed by atoms with E-state index in [9.17, 15) is 4.79 Å². The van der Waals surface area contributed by atoms with Crippen molar-refractivity contribution in [2.75, 3.05) is 26.8 Å².